The molecule has 0 atom stereocenters. The molecule has 0 saturated carbocycles. The fourth-order valence-electron chi connectivity index (χ4n) is 2.01. The Labute approximate surface area is 142 Å². The highest BCUT2D eigenvalue weighted by Gasteiger charge is 2.11. The summed E-state index contributed by atoms with van der Waals surface area (Å²) in [7, 11) is 0. The van der Waals surface area contributed by atoms with Gasteiger partial charge in [0.2, 0.25) is 5.91 Å². The van der Waals surface area contributed by atoms with Gasteiger partial charge in [0.25, 0.3) is 5.69 Å². The van der Waals surface area contributed by atoms with Crippen LogP contribution >= 0.6 is 15.9 Å². The van der Waals surface area contributed by atoms with Crippen LogP contribution in [0.4, 0.5) is 5.69 Å². The lowest BCUT2D eigenvalue weighted by Crippen LogP contribution is -2.26. The zero-order valence-electron chi connectivity index (χ0n) is 12.6. The minimum Gasteiger partial charge on any atom is -0.481 e. The Morgan fingerprint density at radius 1 is 1.22 bits per heavy atom. The van der Waals surface area contributed by atoms with Crippen molar-refractivity contribution in [2.45, 2.75) is 38.5 Å². The number of carboxylic acid groups (broad SMARTS) is 1. The third kappa shape index (κ3) is 7.73. The van der Waals surface area contributed by atoms with E-state index in [-0.39, 0.29) is 24.4 Å². The summed E-state index contributed by atoms with van der Waals surface area (Å²) >= 11 is 3.23. The Kier molecular flexibility index (Phi) is 8.25. The summed E-state index contributed by atoms with van der Waals surface area (Å²) in [5.74, 6) is -0.933. The van der Waals surface area contributed by atoms with Crippen LogP contribution in [0.2, 0.25) is 0 Å². The van der Waals surface area contributed by atoms with Crippen molar-refractivity contribution in [2.75, 3.05) is 6.54 Å². The molecule has 1 aromatic rings. The van der Waals surface area contributed by atoms with Gasteiger partial charge in [-0.25, -0.2) is 0 Å². The van der Waals surface area contributed by atoms with Crippen LogP contribution in [0.25, 0.3) is 0 Å². The second-order valence-electron chi connectivity index (χ2n) is 5.12. The third-order valence-electron chi connectivity index (χ3n) is 3.24. The zero-order valence-corrected chi connectivity index (χ0v) is 14.2. The van der Waals surface area contributed by atoms with Gasteiger partial charge in [0.05, 0.1) is 11.3 Å². The molecule has 0 spiro atoms. The van der Waals surface area contributed by atoms with E-state index < -0.39 is 10.9 Å². The minimum atomic E-state index is -0.785. The fourth-order valence-corrected chi connectivity index (χ4v) is 2.52. The molecule has 0 aliphatic carbocycles. The predicted molar refractivity (Wildman–Crippen MR) is 88.2 cm³/mol. The van der Waals surface area contributed by atoms with Gasteiger partial charge in [0, 0.05) is 29.6 Å². The summed E-state index contributed by atoms with van der Waals surface area (Å²) in [4.78, 5) is 32.3. The number of hydrogen-bond acceptors (Lipinski definition) is 4. The Balaban J connectivity index is 2.26. The summed E-state index contributed by atoms with van der Waals surface area (Å²) < 4.78 is 0.538. The van der Waals surface area contributed by atoms with E-state index in [0.29, 0.717) is 23.0 Å². The largest absolute Gasteiger partial charge is 0.481 e. The molecule has 0 unspecified atom stereocenters. The molecule has 2 N–H and O–H groups in total. The van der Waals surface area contributed by atoms with Gasteiger partial charge in [0.1, 0.15) is 0 Å². The van der Waals surface area contributed by atoms with Gasteiger partial charge in [0.15, 0.2) is 0 Å². The highest BCUT2D eigenvalue weighted by molar-refractivity contribution is 9.10. The number of benzene rings is 1. The normalized spacial score (nSPS) is 10.3. The number of carbonyl (C=O) groups excluding carboxylic acids is 1. The maximum Gasteiger partial charge on any atom is 0.303 e. The molecule has 0 saturated heterocycles. The smallest absolute Gasteiger partial charge is 0.303 e. The first-order valence-corrected chi connectivity index (χ1v) is 8.10. The van der Waals surface area contributed by atoms with Crippen LogP contribution in [0.3, 0.4) is 0 Å². The highest BCUT2D eigenvalue weighted by Crippen LogP contribution is 2.23. The molecule has 7 nitrogen and oxygen atoms in total. The molecule has 8 heteroatoms. The van der Waals surface area contributed by atoms with E-state index in [1.165, 1.54) is 12.1 Å². The van der Waals surface area contributed by atoms with Crippen LogP contribution in [0.5, 0.6) is 0 Å². The number of nitrogens with one attached hydrogen (secondary N) is 1. The van der Waals surface area contributed by atoms with Crippen LogP contribution < -0.4 is 5.32 Å². The van der Waals surface area contributed by atoms with Crippen LogP contribution in [0, 0.1) is 10.1 Å². The lowest BCUT2D eigenvalue weighted by molar-refractivity contribution is -0.384. The number of rotatable bonds is 10. The van der Waals surface area contributed by atoms with Crippen LogP contribution in [-0.2, 0) is 16.0 Å². The molecule has 0 radical (unpaired) electrons. The molecule has 1 rings (SSSR count). The van der Waals surface area contributed by atoms with Crippen LogP contribution in [0.15, 0.2) is 22.7 Å². The van der Waals surface area contributed by atoms with Crippen LogP contribution in [0.1, 0.15) is 37.7 Å². The molecule has 0 aliphatic heterocycles. The van der Waals surface area contributed by atoms with Crippen molar-refractivity contribution in [1.29, 1.82) is 0 Å². The van der Waals surface area contributed by atoms with E-state index >= 15 is 0 Å². The number of aliphatic carboxylic acids is 1. The Morgan fingerprint density at radius 3 is 2.52 bits per heavy atom. The molecule has 0 bridgehead atoms. The van der Waals surface area contributed by atoms with E-state index in [9.17, 15) is 19.7 Å². The van der Waals surface area contributed by atoms with E-state index in [1.54, 1.807) is 6.07 Å². The number of unbranched alkanes of at least 4 members (excludes halogenated alkanes) is 3. The summed E-state index contributed by atoms with van der Waals surface area (Å²) in [6.07, 6.45) is 3.48. The average molecular weight is 387 g/mol. The van der Waals surface area contributed by atoms with Crippen molar-refractivity contribution in [1.82, 2.24) is 5.32 Å². The first-order valence-electron chi connectivity index (χ1n) is 7.31. The van der Waals surface area contributed by atoms with E-state index in [0.717, 1.165) is 19.3 Å². The molecule has 23 heavy (non-hydrogen) atoms. The number of nitrogens with zero attached hydrogens (tertiary/aromatic N) is 1. The van der Waals surface area contributed by atoms with Gasteiger partial charge < -0.3 is 10.4 Å². The molecule has 0 fully saturated rings. The average Bonchev–Trinajstić information content (AvgIpc) is 2.47. The molecule has 1 aromatic carbocycles. The van der Waals surface area contributed by atoms with Crippen molar-refractivity contribution < 1.29 is 19.6 Å². The summed E-state index contributed by atoms with van der Waals surface area (Å²) in [5, 5.41) is 21.9. The van der Waals surface area contributed by atoms with Crippen molar-refractivity contribution >= 4 is 33.5 Å². The number of halogens is 1. The number of carbonyl (C=O) groups is 2. The second kappa shape index (κ2) is 9.94. The third-order valence-corrected chi connectivity index (χ3v) is 3.98. The monoisotopic (exact) mass is 386 g/mol. The van der Waals surface area contributed by atoms with Crippen molar-refractivity contribution in [2.24, 2.45) is 0 Å². The van der Waals surface area contributed by atoms with E-state index in [2.05, 4.69) is 21.2 Å². The van der Waals surface area contributed by atoms with Crippen molar-refractivity contribution in [3.05, 3.63) is 38.3 Å². The SMILES string of the molecule is O=C(O)CCCCCCNC(=O)Cc1ccc([N+](=O)[O-])cc1Br. The van der Waals surface area contributed by atoms with Gasteiger partial charge in [-0.3, -0.25) is 19.7 Å². The zero-order chi connectivity index (χ0) is 17.2. The minimum absolute atomic E-state index is 0.0256. The van der Waals surface area contributed by atoms with E-state index in [4.69, 9.17) is 5.11 Å². The lowest BCUT2D eigenvalue weighted by Gasteiger charge is -2.07. The number of nitro benzene ring substituents is 1. The highest BCUT2D eigenvalue weighted by atomic mass is 79.9. The van der Waals surface area contributed by atoms with Crippen molar-refractivity contribution in [3.63, 3.8) is 0 Å². The van der Waals surface area contributed by atoms with Crippen molar-refractivity contribution in [3.8, 4) is 0 Å². The topological polar surface area (TPSA) is 110 Å². The van der Waals surface area contributed by atoms with Crippen LogP contribution in [-0.4, -0.2) is 28.5 Å². The first kappa shape index (κ1) is 19.1. The Bertz CT molecular complexity index is 577. The molecular weight excluding hydrogens is 368 g/mol. The molecule has 0 aliphatic rings. The Morgan fingerprint density at radius 2 is 1.91 bits per heavy atom. The molecule has 126 valence electrons. The second-order valence-corrected chi connectivity index (χ2v) is 5.97. The van der Waals surface area contributed by atoms with Gasteiger partial charge in [-0.15, -0.1) is 0 Å². The molecule has 0 aromatic heterocycles. The Hall–Kier alpha value is -1.96. The first-order chi connectivity index (χ1) is 10.9. The number of amides is 1. The fraction of sp³-hybridized carbons (Fsp3) is 0.467. The number of hydrogen-bond donors (Lipinski definition) is 2. The number of nitro groups is 1. The maximum atomic E-state index is 11.8. The molecule has 0 heterocycles. The molecular formula is C15H19BrN2O5. The number of carboxylic acids is 1. The lowest BCUT2D eigenvalue weighted by atomic mass is 10.1. The standard InChI is InChI=1S/C15H19BrN2O5/c16-13-10-12(18(22)23)7-6-11(13)9-14(19)17-8-4-2-1-3-5-15(20)21/h6-7,10H,1-5,8-9H2,(H,17,19)(H,20,21). The van der Waals surface area contributed by atoms with E-state index in [1.807, 2.05) is 0 Å². The number of non-ortho nitro benzene ring substituents is 1. The quantitative estimate of drug-likeness (QED) is 0.364. The van der Waals surface area contributed by atoms with Gasteiger partial charge in [-0.05, 0) is 18.4 Å². The van der Waals surface area contributed by atoms with Gasteiger partial charge in [-0.2, -0.15) is 0 Å². The van der Waals surface area contributed by atoms with Gasteiger partial charge >= 0.3 is 5.97 Å². The summed E-state index contributed by atoms with van der Waals surface area (Å²) in [6.45, 7) is 0.538. The predicted octanol–water partition coefficient (Wildman–Crippen LogP) is 3.05. The van der Waals surface area contributed by atoms with Gasteiger partial charge in [-0.1, -0.05) is 34.8 Å². The summed E-state index contributed by atoms with van der Waals surface area (Å²) in [6, 6.07) is 4.31. The maximum absolute atomic E-state index is 11.8. The summed E-state index contributed by atoms with van der Waals surface area (Å²) in [5.41, 5.74) is 0.664. The molecule has 1 amide bonds.